The van der Waals surface area contributed by atoms with Crippen LogP contribution in [0.4, 0.5) is 5.69 Å². The molecule has 8 nitrogen and oxygen atoms in total. The molecule has 2 fully saturated rings. The van der Waals surface area contributed by atoms with Gasteiger partial charge in [-0.05, 0) is 43.5 Å². The van der Waals surface area contributed by atoms with Crippen LogP contribution in [0.2, 0.25) is 0 Å². The second-order valence-corrected chi connectivity index (χ2v) is 8.81. The van der Waals surface area contributed by atoms with Gasteiger partial charge in [0.05, 0.1) is 20.3 Å². The number of carbonyl (C=O) groups excluding carboxylic acids is 1. The largest absolute Gasteiger partial charge is 0.495 e. The molecule has 0 spiro atoms. The summed E-state index contributed by atoms with van der Waals surface area (Å²) < 4.78 is 37.9. The van der Waals surface area contributed by atoms with Gasteiger partial charge in [-0.3, -0.25) is 4.79 Å². The number of carbonyl (C=O) groups is 1. The van der Waals surface area contributed by atoms with Crippen LogP contribution in [-0.4, -0.2) is 58.6 Å². The minimum atomic E-state index is -3.74. The van der Waals surface area contributed by atoms with Gasteiger partial charge >= 0.3 is 0 Å². The highest BCUT2D eigenvalue weighted by atomic mass is 32.2. The van der Waals surface area contributed by atoms with Gasteiger partial charge in [-0.15, -0.1) is 0 Å². The van der Waals surface area contributed by atoms with Crippen molar-refractivity contribution in [1.29, 1.82) is 0 Å². The Hall–Kier alpha value is -1.68. The van der Waals surface area contributed by atoms with Crippen molar-refractivity contribution in [2.24, 2.45) is 17.6 Å². The Morgan fingerprint density at radius 1 is 1.33 bits per heavy atom. The molecule has 3 N–H and O–H groups in total. The van der Waals surface area contributed by atoms with Gasteiger partial charge in [-0.25, -0.2) is 8.42 Å². The molecule has 1 amide bonds. The summed E-state index contributed by atoms with van der Waals surface area (Å²) in [4.78, 5) is 12.7. The molecule has 2 atom stereocenters. The van der Waals surface area contributed by atoms with E-state index in [1.807, 2.05) is 0 Å². The Bertz CT molecular complexity index is 777. The van der Waals surface area contributed by atoms with Crippen LogP contribution in [0.5, 0.6) is 5.75 Å². The summed E-state index contributed by atoms with van der Waals surface area (Å²) in [6.45, 7) is 1.79. The predicted octanol–water partition coefficient (Wildman–Crippen LogP) is 1.03. The smallest absolute Gasteiger partial charge is 0.246 e. The fourth-order valence-electron chi connectivity index (χ4n) is 3.78. The minimum absolute atomic E-state index is 0.0477. The van der Waals surface area contributed by atoms with Gasteiger partial charge in [0.2, 0.25) is 15.9 Å². The molecule has 0 radical (unpaired) electrons. The van der Waals surface area contributed by atoms with E-state index >= 15 is 0 Å². The number of hydrogen-bond acceptors (Lipinski definition) is 6. The number of methoxy groups -OCH3 is 1. The molecule has 9 heteroatoms. The molecular weight excluding hydrogens is 370 g/mol. The van der Waals surface area contributed by atoms with Gasteiger partial charge in [-0.1, -0.05) is 6.42 Å². The number of nitrogens with one attached hydrogen (secondary N) is 1. The van der Waals surface area contributed by atoms with Crippen molar-refractivity contribution in [2.75, 3.05) is 45.3 Å². The van der Waals surface area contributed by atoms with Crippen LogP contribution >= 0.6 is 0 Å². The molecule has 1 aliphatic heterocycles. The van der Waals surface area contributed by atoms with Crippen molar-refractivity contribution in [1.82, 2.24) is 4.31 Å². The van der Waals surface area contributed by atoms with Gasteiger partial charge in [-0.2, -0.15) is 4.31 Å². The van der Waals surface area contributed by atoms with Crippen LogP contribution in [0, 0.1) is 11.8 Å². The van der Waals surface area contributed by atoms with E-state index in [9.17, 15) is 13.2 Å². The number of sulfonamides is 1. The highest BCUT2D eigenvalue weighted by molar-refractivity contribution is 7.89. The summed E-state index contributed by atoms with van der Waals surface area (Å²) in [6, 6.07) is 4.69. The number of hydrogen-bond donors (Lipinski definition) is 2. The monoisotopic (exact) mass is 397 g/mol. The van der Waals surface area contributed by atoms with Crippen LogP contribution in [0.25, 0.3) is 0 Å². The van der Waals surface area contributed by atoms with E-state index in [1.165, 1.54) is 17.5 Å². The number of benzene rings is 1. The van der Waals surface area contributed by atoms with Crippen molar-refractivity contribution in [2.45, 2.75) is 24.2 Å². The normalized spacial score (nSPS) is 23.9. The fraction of sp³-hybridized carbons (Fsp3) is 0.611. The number of amides is 1. The van der Waals surface area contributed by atoms with Crippen molar-refractivity contribution >= 4 is 21.6 Å². The van der Waals surface area contributed by atoms with E-state index in [2.05, 4.69) is 5.32 Å². The van der Waals surface area contributed by atoms with Crippen LogP contribution in [0.15, 0.2) is 23.1 Å². The van der Waals surface area contributed by atoms with Gasteiger partial charge < -0.3 is 20.5 Å². The van der Waals surface area contributed by atoms with Gasteiger partial charge in [0, 0.05) is 24.7 Å². The van der Waals surface area contributed by atoms with E-state index in [0.29, 0.717) is 38.5 Å². The summed E-state index contributed by atoms with van der Waals surface area (Å²) in [5.74, 6) is 0.194. The standard InChI is InChI=1S/C18H27N3O5S/c1-25-16-6-5-14(20-18(22)15-4-2-3-13(15)12-19)11-17(16)27(23,24)21-7-9-26-10-8-21/h5-6,11,13,15H,2-4,7-10,12,19H2,1H3,(H,20,22)/t13-,15-/m1/s1. The first-order valence-electron chi connectivity index (χ1n) is 9.24. The zero-order valence-corrected chi connectivity index (χ0v) is 16.3. The maximum absolute atomic E-state index is 13.0. The van der Waals surface area contributed by atoms with Crippen LogP contribution < -0.4 is 15.8 Å². The van der Waals surface area contributed by atoms with Crippen LogP contribution in [0.1, 0.15) is 19.3 Å². The number of rotatable bonds is 6. The van der Waals surface area contributed by atoms with Gasteiger partial charge in [0.1, 0.15) is 10.6 Å². The molecule has 1 aliphatic carbocycles. The Labute approximate surface area is 160 Å². The highest BCUT2D eigenvalue weighted by Gasteiger charge is 2.33. The summed E-state index contributed by atoms with van der Waals surface area (Å²) in [7, 11) is -2.31. The van der Waals surface area contributed by atoms with E-state index in [-0.39, 0.29) is 28.4 Å². The fourth-order valence-corrected chi connectivity index (χ4v) is 5.37. The summed E-state index contributed by atoms with van der Waals surface area (Å²) in [6.07, 6.45) is 2.75. The SMILES string of the molecule is COc1ccc(NC(=O)[C@@H]2CCC[C@@H]2CN)cc1S(=O)(=O)N1CCOCC1. The number of nitrogens with two attached hydrogens (primary N) is 1. The summed E-state index contributed by atoms with van der Waals surface area (Å²) >= 11 is 0. The first kappa shape index (κ1) is 20.1. The molecule has 3 rings (SSSR count). The lowest BCUT2D eigenvalue weighted by molar-refractivity contribution is -0.120. The van der Waals surface area contributed by atoms with Crippen molar-refractivity contribution in [3.05, 3.63) is 18.2 Å². The molecule has 150 valence electrons. The Balaban J connectivity index is 1.84. The maximum Gasteiger partial charge on any atom is 0.246 e. The number of ether oxygens (including phenoxy) is 2. The maximum atomic E-state index is 13.0. The van der Waals surface area contributed by atoms with E-state index in [1.54, 1.807) is 12.1 Å². The molecule has 1 heterocycles. The average Bonchev–Trinajstić information content (AvgIpc) is 3.17. The molecule has 1 aromatic carbocycles. The summed E-state index contributed by atoms with van der Waals surface area (Å²) in [5.41, 5.74) is 6.21. The quantitative estimate of drug-likeness (QED) is 0.742. The summed E-state index contributed by atoms with van der Waals surface area (Å²) in [5, 5.41) is 2.86. The van der Waals surface area contributed by atoms with Crippen molar-refractivity contribution in [3.63, 3.8) is 0 Å². The third-order valence-electron chi connectivity index (χ3n) is 5.32. The van der Waals surface area contributed by atoms with Crippen molar-refractivity contribution < 1.29 is 22.7 Å². The second kappa shape index (κ2) is 8.55. The molecule has 2 aliphatic rings. The van der Waals surface area contributed by atoms with Crippen LogP contribution in [0.3, 0.4) is 0 Å². The molecule has 0 unspecified atom stereocenters. The van der Waals surface area contributed by atoms with Crippen LogP contribution in [-0.2, 0) is 19.6 Å². The lowest BCUT2D eigenvalue weighted by Gasteiger charge is -2.27. The molecule has 27 heavy (non-hydrogen) atoms. The number of anilines is 1. The lowest BCUT2D eigenvalue weighted by Crippen LogP contribution is -2.40. The van der Waals surface area contributed by atoms with E-state index in [4.69, 9.17) is 15.2 Å². The average molecular weight is 397 g/mol. The van der Waals surface area contributed by atoms with Gasteiger partial charge in [0.15, 0.2) is 0 Å². The Morgan fingerprint density at radius 2 is 2.07 bits per heavy atom. The minimum Gasteiger partial charge on any atom is -0.495 e. The van der Waals surface area contributed by atoms with E-state index in [0.717, 1.165) is 19.3 Å². The third-order valence-corrected chi connectivity index (χ3v) is 7.24. The molecule has 1 saturated heterocycles. The van der Waals surface area contributed by atoms with Gasteiger partial charge in [0.25, 0.3) is 0 Å². The zero-order chi connectivity index (χ0) is 19.4. The zero-order valence-electron chi connectivity index (χ0n) is 15.5. The first-order chi connectivity index (χ1) is 13.0. The molecule has 1 saturated carbocycles. The Kier molecular flexibility index (Phi) is 6.36. The predicted molar refractivity (Wildman–Crippen MR) is 101 cm³/mol. The van der Waals surface area contributed by atoms with Crippen molar-refractivity contribution in [3.8, 4) is 5.75 Å². The van der Waals surface area contributed by atoms with E-state index < -0.39 is 10.0 Å². The highest BCUT2D eigenvalue weighted by Crippen LogP contribution is 2.33. The number of nitrogens with zero attached hydrogens (tertiary/aromatic N) is 1. The second-order valence-electron chi connectivity index (χ2n) is 6.90. The Morgan fingerprint density at radius 3 is 2.74 bits per heavy atom. The molecule has 1 aromatic rings. The first-order valence-corrected chi connectivity index (χ1v) is 10.7. The number of morpholine rings is 1. The molecular formula is C18H27N3O5S. The topological polar surface area (TPSA) is 111 Å². The molecule has 0 bridgehead atoms. The molecule has 0 aromatic heterocycles. The third kappa shape index (κ3) is 4.26. The lowest BCUT2D eigenvalue weighted by atomic mass is 9.95.